The molecule has 1 rings (SSSR count). The van der Waals surface area contributed by atoms with Crippen molar-refractivity contribution in [3.05, 3.63) is 0 Å². The van der Waals surface area contributed by atoms with Crippen molar-refractivity contribution in [2.75, 3.05) is 6.61 Å². The van der Waals surface area contributed by atoms with Crippen LogP contribution < -0.4 is 11.2 Å². The molecule has 2 amide bonds. The molecule has 0 spiro atoms. The molecule has 108 valence electrons. The van der Waals surface area contributed by atoms with Gasteiger partial charge < -0.3 is 10.5 Å². The fraction of sp³-hybridized carbons (Fsp3) is 0.769. The van der Waals surface area contributed by atoms with Crippen LogP contribution >= 0.6 is 0 Å². The van der Waals surface area contributed by atoms with Crippen LogP contribution in [0.2, 0.25) is 0 Å². The number of amides is 2. The lowest BCUT2D eigenvalue weighted by Crippen LogP contribution is -2.39. The van der Waals surface area contributed by atoms with Gasteiger partial charge in [0, 0.05) is 0 Å². The number of hydrogen-bond acceptors (Lipinski definition) is 4. The lowest BCUT2D eigenvalue weighted by Gasteiger charge is -2.27. The van der Waals surface area contributed by atoms with Gasteiger partial charge in [0.25, 0.3) is 0 Å². The predicted octanol–water partition coefficient (Wildman–Crippen LogP) is 1.93. The second-order valence-corrected chi connectivity index (χ2v) is 4.79. The largest absolute Gasteiger partial charge is 0.465 e. The Labute approximate surface area is 113 Å². The van der Waals surface area contributed by atoms with Gasteiger partial charge in [0.05, 0.1) is 12.3 Å². The summed E-state index contributed by atoms with van der Waals surface area (Å²) < 4.78 is 5.20. The van der Waals surface area contributed by atoms with E-state index in [0.717, 1.165) is 25.7 Å². The first-order chi connectivity index (χ1) is 9.06. The summed E-state index contributed by atoms with van der Waals surface area (Å²) in [4.78, 5) is 23.0. The minimum absolute atomic E-state index is 0.231. The molecule has 1 saturated carbocycles. The number of unbranched alkanes of at least 4 members (excludes halogenated alkanes) is 1. The summed E-state index contributed by atoms with van der Waals surface area (Å²) in [5, 5.41) is 4.02. The molecule has 1 aliphatic carbocycles. The molecule has 1 atom stereocenters. The quantitative estimate of drug-likeness (QED) is 0.570. The zero-order valence-corrected chi connectivity index (χ0v) is 11.7. The SMILES string of the molecule is CCCCC1(C(=O)OCC)CCC/C1=N\NC(N)=O. The van der Waals surface area contributed by atoms with Crippen molar-refractivity contribution in [2.45, 2.75) is 52.4 Å². The van der Waals surface area contributed by atoms with Gasteiger partial charge in [0.1, 0.15) is 5.41 Å². The van der Waals surface area contributed by atoms with E-state index in [1.165, 1.54) is 0 Å². The third-order valence-corrected chi connectivity index (χ3v) is 3.49. The molecule has 0 aromatic rings. The van der Waals surface area contributed by atoms with Gasteiger partial charge in [0.15, 0.2) is 0 Å². The highest BCUT2D eigenvalue weighted by atomic mass is 16.5. The van der Waals surface area contributed by atoms with E-state index in [-0.39, 0.29) is 5.97 Å². The van der Waals surface area contributed by atoms with Gasteiger partial charge in [-0.15, -0.1) is 0 Å². The summed E-state index contributed by atoms with van der Waals surface area (Å²) in [5.74, 6) is -0.231. The van der Waals surface area contributed by atoms with E-state index in [9.17, 15) is 9.59 Å². The molecule has 0 radical (unpaired) electrons. The van der Waals surface area contributed by atoms with E-state index >= 15 is 0 Å². The van der Waals surface area contributed by atoms with Crippen molar-refractivity contribution in [1.29, 1.82) is 0 Å². The minimum Gasteiger partial charge on any atom is -0.465 e. The van der Waals surface area contributed by atoms with Crippen LogP contribution in [0.4, 0.5) is 4.79 Å². The number of urea groups is 1. The molecule has 0 aromatic carbocycles. The predicted molar refractivity (Wildman–Crippen MR) is 72.6 cm³/mol. The Morgan fingerprint density at radius 3 is 2.79 bits per heavy atom. The fourth-order valence-corrected chi connectivity index (χ4v) is 2.57. The van der Waals surface area contributed by atoms with Crippen molar-refractivity contribution >= 4 is 17.7 Å². The molecule has 3 N–H and O–H groups in total. The van der Waals surface area contributed by atoms with Gasteiger partial charge in [-0.1, -0.05) is 19.8 Å². The van der Waals surface area contributed by atoms with E-state index in [1.807, 2.05) is 0 Å². The number of hydrogen-bond donors (Lipinski definition) is 2. The summed E-state index contributed by atoms with van der Waals surface area (Å²) in [6, 6.07) is -0.715. The zero-order valence-electron chi connectivity index (χ0n) is 11.7. The molecule has 0 saturated heterocycles. The van der Waals surface area contributed by atoms with Crippen LogP contribution in [0.25, 0.3) is 0 Å². The Balaban J connectivity index is 2.95. The summed E-state index contributed by atoms with van der Waals surface area (Å²) >= 11 is 0. The number of esters is 1. The van der Waals surface area contributed by atoms with E-state index in [0.29, 0.717) is 25.2 Å². The second kappa shape index (κ2) is 7.11. The van der Waals surface area contributed by atoms with Gasteiger partial charge in [-0.3, -0.25) is 4.79 Å². The number of carbonyl (C=O) groups excluding carboxylic acids is 2. The monoisotopic (exact) mass is 269 g/mol. The van der Waals surface area contributed by atoms with Gasteiger partial charge in [-0.05, 0) is 32.6 Å². The smallest absolute Gasteiger partial charge is 0.332 e. The normalized spacial score (nSPS) is 24.4. The van der Waals surface area contributed by atoms with Crippen LogP contribution in [0.1, 0.15) is 52.4 Å². The molecule has 0 aromatic heterocycles. The molecule has 0 heterocycles. The van der Waals surface area contributed by atoms with Gasteiger partial charge >= 0.3 is 12.0 Å². The molecule has 1 unspecified atom stereocenters. The van der Waals surface area contributed by atoms with Crippen molar-refractivity contribution in [3.63, 3.8) is 0 Å². The van der Waals surface area contributed by atoms with Crippen LogP contribution in [0.3, 0.4) is 0 Å². The second-order valence-electron chi connectivity index (χ2n) is 4.79. The molecule has 1 fully saturated rings. The molecular weight excluding hydrogens is 246 g/mol. The first-order valence-electron chi connectivity index (χ1n) is 6.86. The number of rotatable bonds is 6. The Bertz CT molecular complexity index is 368. The lowest BCUT2D eigenvalue weighted by atomic mass is 9.79. The minimum atomic E-state index is -0.715. The maximum Gasteiger partial charge on any atom is 0.332 e. The molecule has 6 nitrogen and oxygen atoms in total. The number of ether oxygens (including phenoxy) is 1. The number of hydrazone groups is 1. The zero-order chi connectivity index (χ0) is 14.3. The van der Waals surface area contributed by atoms with Crippen molar-refractivity contribution in [1.82, 2.24) is 5.43 Å². The maximum atomic E-state index is 12.3. The highest BCUT2D eigenvalue weighted by molar-refractivity contribution is 6.08. The summed E-state index contributed by atoms with van der Waals surface area (Å²) in [6.45, 7) is 4.22. The Kier molecular flexibility index (Phi) is 5.79. The maximum absolute atomic E-state index is 12.3. The van der Waals surface area contributed by atoms with Crippen molar-refractivity contribution in [3.8, 4) is 0 Å². The van der Waals surface area contributed by atoms with E-state index in [2.05, 4.69) is 17.5 Å². The number of primary amides is 1. The van der Waals surface area contributed by atoms with Gasteiger partial charge in [-0.2, -0.15) is 5.10 Å². The third kappa shape index (κ3) is 3.68. The molecule has 0 bridgehead atoms. The van der Waals surface area contributed by atoms with Crippen LogP contribution in [0.15, 0.2) is 5.10 Å². The molecule has 19 heavy (non-hydrogen) atoms. The summed E-state index contributed by atoms with van der Waals surface area (Å²) in [5.41, 5.74) is 7.28. The van der Waals surface area contributed by atoms with Crippen LogP contribution in [-0.4, -0.2) is 24.3 Å². The first kappa shape index (κ1) is 15.5. The van der Waals surface area contributed by atoms with E-state index in [4.69, 9.17) is 10.5 Å². The standard InChI is InChI=1S/C13H23N3O3/c1-3-5-8-13(11(17)19-4-2)9-6-7-10(13)15-16-12(14)18/h3-9H2,1-2H3,(H3,14,16,18)/b15-10+. The number of nitrogens with zero attached hydrogens (tertiary/aromatic N) is 1. The number of nitrogens with one attached hydrogen (secondary N) is 1. The number of carbonyl (C=O) groups is 2. The van der Waals surface area contributed by atoms with Gasteiger partial charge in [-0.25, -0.2) is 10.2 Å². The Morgan fingerprint density at radius 2 is 2.21 bits per heavy atom. The van der Waals surface area contributed by atoms with E-state index < -0.39 is 11.4 Å². The number of nitrogens with two attached hydrogens (primary N) is 1. The average Bonchev–Trinajstić information content (AvgIpc) is 2.78. The molecule has 0 aliphatic heterocycles. The van der Waals surface area contributed by atoms with Crippen LogP contribution in [0.5, 0.6) is 0 Å². The third-order valence-electron chi connectivity index (χ3n) is 3.49. The molecule has 1 aliphatic rings. The average molecular weight is 269 g/mol. The summed E-state index contributed by atoms with van der Waals surface area (Å²) in [6.07, 6.45) is 4.93. The van der Waals surface area contributed by atoms with E-state index in [1.54, 1.807) is 6.92 Å². The van der Waals surface area contributed by atoms with Crippen LogP contribution in [0, 0.1) is 5.41 Å². The first-order valence-corrected chi connectivity index (χ1v) is 6.86. The highest BCUT2D eigenvalue weighted by Crippen LogP contribution is 2.41. The Hall–Kier alpha value is -1.59. The lowest BCUT2D eigenvalue weighted by molar-refractivity contribution is -0.151. The van der Waals surface area contributed by atoms with Crippen molar-refractivity contribution < 1.29 is 14.3 Å². The molecular formula is C13H23N3O3. The highest BCUT2D eigenvalue weighted by Gasteiger charge is 2.47. The summed E-state index contributed by atoms with van der Waals surface area (Å²) in [7, 11) is 0. The van der Waals surface area contributed by atoms with Gasteiger partial charge in [0.2, 0.25) is 0 Å². The molecule has 6 heteroatoms. The van der Waals surface area contributed by atoms with Crippen molar-refractivity contribution in [2.24, 2.45) is 16.3 Å². The Morgan fingerprint density at radius 1 is 1.47 bits per heavy atom. The topological polar surface area (TPSA) is 93.8 Å². The fourth-order valence-electron chi connectivity index (χ4n) is 2.57. The van der Waals surface area contributed by atoms with Crippen LogP contribution in [-0.2, 0) is 9.53 Å².